The Morgan fingerprint density at radius 2 is 1.86 bits per heavy atom. The predicted octanol–water partition coefficient (Wildman–Crippen LogP) is 3.82. The molecule has 0 unspecified atom stereocenters. The summed E-state index contributed by atoms with van der Waals surface area (Å²) in [5, 5.41) is 5.65. The van der Waals surface area contributed by atoms with E-state index in [4.69, 9.17) is 4.52 Å². The number of rotatable bonds is 4. The molecule has 0 aliphatic carbocycles. The van der Waals surface area contributed by atoms with Crippen LogP contribution in [-0.4, -0.2) is 13.6 Å². The molecule has 0 fully saturated rings. The minimum atomic E-state index is -3.52. The van der Waals surface area contributed by atoms with Crippen molar-refractivity contribution in [2.45, 2.75) is 18.1 Å². The summed E-state index contributed by atoms with van der Waals surface area (Å²) in [5.41, 5.74) is 3.20. The number of hydrogen-bond donors (Lipinski definition) is 1. The molecule has 0 bridgehead atoms. The van der Waals surface area contributed by atoms with Crippen molar-refractivity contribution in [1.82, 2.24) is 5.16 Å². The minimum absolute atomic E-state index is 0.294. The van der Waals surface area contributed by atoms with E-state index in [0.717, 1.165) is 22.6 Å². The smallest absolute Gasteiger partial charge is 0.271 e. The van der Waals surface area contributed by atoms with Gasteiger partial charge in [-0.3, -0.25) is 4.72 Å². The number of nitrogens with zero attached hydrogens (tertiary/aromatic N) is 1. The molecule has 3 rings (SSSR count). The number of nitrogens with one attached hydrogen (secondary N) is 1. The van der Waals surface area contributed by atoms with Crippen LogP contribution < -0.4 is 4.72 Å². The normalized spacial score (nSPS) is 11.5. The van der Waals surface area contributed by atoms with E-state index in [1.165, 1.54) is 11.3 Å². The zero-order valence-corrected chi connectivity index (χ0v) is 13.7. The van der Waals surface area contributed by atoms with Gasteiger partial charge >= 0.3 is 0 Å². The van der Waals surface area contributed by atoms with Gasteiger partial charge < -0.3 is 4.52 Å². The molecule has 0 aliphatic heterocycles. The van der Waals surface area contributed by atoms with Crippen LogP contribution in [0.3, 0.4) is 0 Å². The van der Waals surface area contributed by atoms with Crippen LogP contribution in [-0.2, 0) is 10.0 Å². The first kappa shape index (κ1) is 14.8. The van der Waals surface area contributed by atoms with Crippen molar-refractivity contribution in [2.24, 2.45) is 0 Å². The van der Waals surface area contributed by atoms with E-state index in [0.29, 0.717) is 9.90 Å². The first-order valence-electron chi connectivity index (χ1n) is 6.57. The van der Waals surface area contributed by atoms with Crippen molar-refractivity contribution in [2.75, 3.05) is 4.72 Å². The van der Waals surface area contributed by atoms with Gasteiger partial charge in [-0.1, -0.05) is 23.4 Å². The molecule has 0 spiro atoms. The van der Waals surface area contributed by atoms with Crippen LogP contribution in [0.5, 0.6) is 0 Å². The lowest BCUT2D eigenvalue weighted by Crippen LogP contribution is -2.11. The fraction of sp³-hybridized carbons (Fsp3) is 0.133. The number of thiophene rings is 1. The fourth-order valence-electron chi connectivity index (χ4n) is 2.22. The summed E-state index contributed by atoms with van der Waals surface area (Å²) in [6.45, 7) is 3.72. The third-order valence-electron chi connectivity index (χ3n) is 3.22. The second kappa shape index (κ2) is 5.58. The Morgan fingerprint density at radius 3 is 2.41 bits per heavy atom. The van der Waals surface area contributed by atoms with Gasteiger partial charge in [0.05, 0.1) is 5.69 Å². The SMILES string of the molecule is Cc1noc(C)c1-c1ccc(NS(=O)(=O)c2cccs2)cc1. The molecule has 1 N–H and O–H groups in total. The molecule has 2 heterocycles. The zero-order valence-electron chi connectivity index (χ0n) is 12.0. The van der Waals surface area contributed by atoms with E-state index >= 15 is 0 Å². The van der Waals surface area contributed by atoms with Crippen molar-refractivity contribution >= 4 is 27.0 Å². The molecule has 3 aromatic rings. The van der Waals surface area contributed by atoms with Crippen LogP contribution in [0, 0.1) is 13.8 Å². The van der Waals surface area contributed by atoms with Crippen LogP contribution in [0.15, 0.2) is 50.5 Å². The highest BCUT2D eigenvalue weighted by atomic mass is 32.2. The molecule has 0 saturated carbocycles. The Bertz CT molecular complexity index is 860. The Labute approximate surface area is 132 Å². The topological polar surface area (TPSA) is 72.2 Å². The van der Waals surface area contributed by atoms with Crippen LogP contribution in [0.4, 0.5) is 5.69 Å². The molecule has 0 amide bonds. The lowest BCUT2D eigenvalue weighted by molar-refractivity contribution is 0.393. The number of anilines is 1. The van der Waals surface area contributed by atoms with Crippen molar-refractivity contribution in [3.8, 4) is 11.1 Å². The molecule has 0 radical (unpaired) electrons. The van der Waals surface area contributed by atoms with E-state index in [9.17, 15) is 8.42 Å². The maximum atomic E-state index is 12.2. The van der Waals surface area contributed by atoms with E-state index < -0.39 is 10.0 Å². The molecular weight excluding hydrogens is 320 g/mol. The molecule has 0 aliphatic rings. The van der Waals surface area contributed by atoms with Crippen LogP contribution in [0.2, 0.25) is 0 Å². The second-order valence-electron chi connectivity index (χ2n) is 4.81. The van der Waals surface area contributed by atoms with Crippen molar-refractivity contribution < 1.29 is 12.9 Å². The molecule has 114 valence electrons. The monoisotopic (exact) mass is 334 g/mol. The minimum Gasteiger partial charge on any atom is -0.361 e. The van der Waals surface area contributed by atoms with Gasteiger partial charge in [-0.2, -0.15) is 0 Å². The van der Waals surface area contributed by atoms with E-state index in [1.54, 1.807) is 29.6 Å². The Kier molecular flexibility index (Phi) is 3.76. The summed E-state index contributed by atoms with van der Waals surface area (Å²) in [6.07, 6.45) is 0. The highest BCUT2D eigenvalue weighted by molar-refractivity contribution is 7.94. The quantitative estimate of drug-likeness (QED) is 0.787. The largest absolute Gasteiger partial charge is 0.361 e. The highest BCUT2D eigenvalue weighted by Crippen LogP contribution is 2.28. The van der Waals surface area contributed by atoms with Crippen LogP contribution in [0.25, 0.3) is 11.1 Å². The first-order valence-corrected chi connectivity index (χ1v) is 8.93. The van der Waals surface area contributed by atoms with Gasteiger partial charge in [0.2, 0.25) is 0 Å². The molecule has 22 heavy (non-hydrogen) atoms. The summed E-state index contributed by atoms with van der Waals surface area (Å²) >= 11 is 1.18. The number of benzene rings is 1. The average Bonchev–Trinajstić information content (AvgIpc) is 3.11. The van der Waals surface area contributed by atoms with Crippen molar-refractivity contribution in [3.63, 3.8) is 0 Å². The molecule has 0 atom stereocenters. The number of hydrogen-bond acceptors (Lipinski definition) is 5. The van der Waals surface area contributed by atoms with Gasteiger partial charge in [-0.15, -0.1) is 11.3 Å². The third-order valence-corrected chi connectivity index (χ3v) is 6.00. The van der Waals surface area contributed by atoms with E-state index in [1.807, 2.05) is 26.0 Å². The standard InChI is InChI=1S/C15H14N2O3S2/c1-10-15(11(2)20-16-10)12-5-7-13(8-6-12)17-22(18,19)14-4-3-9-21-14/h3-9,17H,1-2H3. The Morgan fingerprint density at radius 1 is 1.14 bits per heavy atom. The van der Waals surface area contributed by atoms with Crippen molar-refractivity contribution in [3.05, 3.63) is 53.2 Å². The van der Waals surface area contributed by atoms with Gasteiger partial charge in [-0.05, 0) is 43.0 Å². The van der Waals surface area contributed by atoms with Crippen LogP contribution in [0.1, 0.15) is 11.5 Å². The summed E-state index contributed by atoms with van der Waals surface area (Å²) in [5.74, 6) is 0.740. The Hall–Kier alpha value is -2.12. The molecule has 1 aromatic carbocycles. The summed E-state index contributed by atoms with van der Waals surface area (Å²) in [4.78, 5) is 0. The molecule has 0 saturated heterocycles. The summed E-state index contributed by atoms with van der Waals surface area (Å²) in [6, 6.07) is 10.4. The third kappa shape index (κ3) is 2.77. The molecule has 2 aromatic heterocycles. The van der Waals surface area contributed by atoms with E-state index in [2.05, 4.69) is 9.88 Å². The average molecular weight is 334 g/mol. The second-order valence-corrected chi connectivity index (χ2v) is 7.67. The first-order chi connectivity index (χ1) is 10.5. The highest BCUT2D eigenvalue weighted by Gasteiger charge is 2.16. The molecule has 5 nitrogen and oxygen atoms in total. The van der Waals surface area contributed by atoms with Crippen molar-refractivity contribution in [1.29, 1.82) is 0 Å². The van der Waals surface area contributed by atoms with E-state index in [-0.39, 0.29) is 0 Å². The number of sulfonamides is 1. The zero-order chi connectivity index (χ0) is 15.7. The summed E-state index contributed by atoms with van der Waals surface area (Å²) in [7, 11) is -3.52. The van der Waals surface area contributed by atoms with Crippen LogP contribution >= 0.6 is 11.3 Å². The van der Waals surface area contributed by atoms with Gasteiger partial charge in [0.1, 0.15) is 9.97 Å². The number of aryl methyl sites for hydroxylation is 2. The molecule has 7 heteroatoms. The van der Waals surface area contributed by atoms with Gasteiger partial charge in [-0.25, -0.2) is 8.42 Å². The fourth-order valence-corrected chi connectivity index (χ4v) is 4.27. The lowest BCUT2D eigenvalue weighted by atomic mass is 10.0. The van der Waals surface area contributed by atoms with Gasteiger partial charge in [0, 0.05) is 11.3 Å². The maximum absolute atomic E-state index is 12.2. The number of aromatic nitrogens is 1. The maximum Gasteiger partial charge on any atom is 0.271 e. The van der Waals surface area contributed by atoms with Gasteiger partial charge in [0.15, 0.2) is 0 Å². The lowest BCUT2D eigenvalue weighted by Gasteiger charge is -2.07. The summed E-state index contributed by atoms with van der Waals surface area (Å²) < 4.78 is 32.3. The Balaban J connectivity index is 1.87. The molecular formula is C15H14N2O3S2. The van der Waals surface area contributed by atoms with Gasteiger partial charge in [0.25, 0.3) is 10.0 Å². The predicted molar refractivity (Wildman–Crippen MR) is 86.5 cm³/mol.